The van der Waals surface area contributed by atoms with Gasteiger partial charge in [0.05, 0.1) is 18.2 Å². The van der Waals surface area contributed by atoms with Gasteiger partial charge in [0.25, 0.3) is 0 Å². The van der Waals surface area contributed by atoms with Crippen LogP contribution in [0.5, 0.6) is 0 Å². The van der Waals surface area contributed by atoms with Crippen molar-refractivity contribution in [1.29, 1.82) is 0 Å². The molecule has 0 aliphatic heterocycles. The van der Waals surface area contributed by atoms with Crippen LogP contribution in [0.3, 0.4) is 0 Å². The normalized spacial score (nSPS) is 23.4. The second kappa shape index (κ2) is 4.00. The molecule has 1 aliphatic rings. The number of imidazole rings is 1. The van der Waals surface area contributed by atoms with Gasteiger partial charge in [-0.1, -0.05) is 24.3 Å². The molecule has 1 aromatic heterocycles. The van der Waals surface area contributed by atoms with Gasteiger partial charge in [-0.15, -0.1) is 0 Å². The molecule has 1 heterocycles. The lowest BCUT2D eigenvalue weighted by molar-refractivity contribution is 0.268. The quantitative estimate of drug-likeness (QED) is 0.856. The van der Waals surface area contributed by atoms with Gasteiger partial charge in [0.15, 0.2) is 0 Å². The van der Waals surface area contributed by atoms with E-state index in [-0.39, 0.29) is 0 Å². The number of rotatable bonds is 2. The molecule has 0 unspecified atom stereocenters. The van der Waals surface area contributed by atoms with Gasteiger partial charge in [-0.3, -0.25) is 0 Å². The van der Waals surface area contributed by atoms with Gasteiger partial charge in [0, 0.05) is 17.6 Å². The van der Waals surface area contributed by atoms with Crippen LogP contribution in [0.25, 0.3) is 11.3 Å². The van der Waals surface area contributed by atoms with Gasteiger partial charge in [-0.25, -0.2) is 4.98 Å². The Morgan fingerprint density at radius 3 is 2.76 bits per heavy atom. The molecule has 1 aromatic carbocycles. The summed E-state index contributed by atoms with van der Waals surface area (Å²) in [6, 6.07) is 9.33. The molecule has 0 saturated heterocycles. The SMILES string of the molecule is Cc1ccccc1-c1cncn1C1CC(N)C1. The first-order chi connectivity index (χ1) is 8.25. The first kappa shape index (κ1) is 10.5. The summed E-state index contributed by atoms with van der Waals surface area (Å²) in [4.78, 5) is 4.29. The van der Waals surface area contributed by atoms with E-state index in [1.807, 2.05) is 12.5 Å². The molecule has 1 saturated carbocycles. The Bertz CT molecular complexity index is 524. The van der Waals surface area contributed by atoms with Crippen molar-refractivity contribution in [3.63, 3.8) is 0 Å². The van der Waals surface area contributed by atoms with Crippen LogP contribution in [0.15, 0.2) is 36.8 Å². The predicted molar refractivity (Wildman–Crippen MR) is 68.6 cm³/mol. The van der Waals surface area contributed by atoms with Gasteiger partial charge in [0.1, 0.15) is 0 Å². The maximum Gasteiger partial charge on any atom is 0.0953 e. The maximum absolute atomic E-state index is 5.86. The van der Waals surface area contributed by atoms with Crippen LogP contribution in [-0.4, -0.2) is 15.6 Å². The minimum absolute atomic E-state index is 0.368. The highest BCUT2D eigenvalue weighted by Crippen LogP contribution is 2.35. The lowest BCUT2D eigenvalue weighted by Gasteiger charge is -2.34. The van der Waals surface area contributed by atoms with Crippen molar-refractivity contribution in [2.24, 2.45) is 5.73 Å². The van der Waals surface area contributed by atoms with E-state index in [1.54, 1.807) is 0 Å². The zero-order valence-electron chi connectivity index (χ0n) is 10.0. The van der Waals surface area contributed by atoms with Crippen LogP contribution in [0.1, 0.15) is 24.4 Å². The van der Waals surface area contributed by atoms with Crippen molar-refractivity contribution in [3.05, 3.63) is 42.4 Å². The summed E-state index contributed by atoms with van der Waals surface area (Å²) in [5.74, 6) is 0. The van der Waals surface area contributed by atoms with Gasteiger partial charge >= 0.3 is 0 Å². The van der Waals surface area contributed by atoms with Gasteiger partial charge in [-0.2, -0.15) is 0 Å². The third kappa shape index (κ3) is 1.76. The lowest BCUT2D eigenvalue weighted by Crippen LogP contribution is -2.37. The topological polar surface area (TPSA) is 43.8 Å². The molecule has 1 aliphatic carbocycles. The van der Waals surface area contributed by atoms with E-state index in [2.05, 4.69) is 40.7 Å². The summed E-state index contributed by atoms with van der Waals surface area (Å²) in [6.45, 7) is 2.14. The van der Waals surface area contributed by atoms with Crippen molar-refractivity contribution in [1.82, 2.24) is 9.55 Å². The first-order valence-corrected chi connectivity index (χ1v) is 6.09. The summed E-state index contributed by atoms with van der Waals surface area (Å²) >= 11 is 0. The highest BCUT2D eigenvalue weighted by atomic mass is 15.1. The number of nitrogens with two attached hydrogens (primary N) is 1. The Balaban J connectivity index is 1.99. The summed E-state index contributed by atoms with van der Waals surface area (Å²) in [5.41, 5.74) is 9.63. The Morgan fingerprint density at radius 2 is 2.06 bits per heavy atom. The number of nitrogens with zero attached hydrogens (tertiary/aromatic N) is 2. The van der Waals surface area contributed by atoms with E-state index in [4.69, 9.17) is 5.73 Å². The summed E-state index contributed by atoms with van der Waals surface area (Å²) in [7, 11) is 0. The van der Waals surface area contributed by atoms with E-state index >= 15 is 0 Å². The Morgan fingerprint density at radius 1 is 1.29 bits per heavy atom. The van der Waals surface area contributed by atoms with Gasteiger partial charge < -0.3 is 10.3 Å². The average molecular weight is 227 g/mol. The number of aromatic nitrogens is 2. The Kier molecular flexibility index (Phi) is 2.48. The molecule has 3 rings (SSSR count). The molecule has 0 amide bonds. The molecule has 2 N–H and O–H groups in total. The molecule has 1 fully saturated rings. The van der Waals surface area contributed by atoms with E-state index in [0.29, 0.717) is 12.1 Å². The van der Waals surface area contributed by atoms with Crippen LogP contribution >= 0.6 is 0 Å². The lowest BCUT2D eigenvalue weighted by atomic mass is 9.87. The van der Waals surface area contributed by atoms with E-state index < -0.39 is 0 Å². The summed E-state index contributed by atoms with van der Waals surface area (Å²) < 4.78 is 2.27. The zero-order valence-corrected chi connectivity index (χ0v) is 10.0. The fourth-order valence-corrected chi connectivity index (χ4v) is 2.52. The van der Waals surface area contributed by atoms with Crippen molar-refractivity contribution >= 4 is 0 Å². The number of hydrogen-bond acceptors (Lipinski definition) is 2. The molecular formula is C14H17N3. The molecule has 2 aromatic rings. The fourth-order valence-electron chi connectivity index (χ4n) is 2.52. The molecule has 0 spiro atoms. The molecule has 0 atom stereocenters. The van der Waals surface area contributed by atoms with Crippen LogP contribution in [-0.2, 0) is 0 Å². The van der Waals surface area contributed by atoms with Crippen molar-refractivity contribution in [2.75, 3.05) is 0 Å². The van der Waals surface area contributed by atoms with Crippen LogP contribution in [0.2, 0.25) is 0 Å². The van der Waals surface area contributed by atoms with Gasteiger partial charge in [0.2, 0.25) is 0 Å². The summed E-state index contributed by atoms with van der Waals surface area (Å²) in [6.07, 6.45) is 6.01. The van der Waals surface area contributed by atoms with E-state index in [9.17, 15) is 0 Å². The minimum atomic E-state index is 0.368. The highest BCUT2D eigenvalue weighted by molar-refractivity contribution is 5.63. The van der Waals surface area contributed by atoms with Gasteiger partial charge in [-0.05, 0) is 25.3 Å². The largest absolute Gasteiger partial charge is 0.328 e. The zero-order chi connectivity index (χ0) is 11.8. The third-order valence-corrected chi connectivity index (χ3v) is 3.63. The highest BCUT2D eigenvalue weighted by Gasteiger charge is 2.28. The van der Waals surface area contributed by atoms with Crippen molar-refractivity contribution in [2.45, 2.75) is 31.8 Å². The minimum Gasteiger partial charge on any atom is -0.328 e. The third-order valence-electron chi connectivity index (χ3n) is 3.63. The number of benzene rings is 1. The predicted octanol–water partition coefficient (Wildman–Crippen LogP) is 2.52. The van der Waals surface area contributed by atoms with Crippen molar-refractivity contribution in [3.8, 4) is 11.3 Å². The number of aryl methyl sites for hydroxylation is 1. The molecule has 0 bridgehead atoms. The Hall–Kier alpha value is -1.61. The molecule has 3 nitrogen and oxygen atoms in total. The first-order valence-electron chi connectivity index (χ1n) is 6.09. The standard InChI is InChI=1S/C14H17N3/c1-10-4-2-3-5-13(10)14-8-16-9-17(14)12-6-11(15)7-12/h2-5,8-9,11-12H,6-7,15H2,1H3. The van der Waals surface area contributed by atoms with Crippen LogP contribution in [0.4, 0.5) is 0 Å². The second-order valence-electron chi connectivity index (χ2n) is 4.89. The van der Waals surface area contributed by atoms with Crippen molar-refractivity contribution < 1.29 is 0 Å². The number of hydrogen-bond donors (Lipinski definition) is 1. The molecular weight excluding hydrogens is 210 g/mol. The van der Waals surface area contributed by atoms with Crippen LogP contribution in [0, 0.1) is 6.92 Å². The molecule has 88 valence electrons. The van der Waals surface area contributed by atoms with E-state index in [0.717, 1.165) is 12.8 Å². The van der Waals surface area contributed by atoms with E-state index in [1.165, 1.54) is 16.8 Å². The molecule has 0 radical (unpaired) electrons. The molecule has 3 heteroatoms. The maximum atomic E-state index is 5.86. The van der Waals surface area contributed by atoms with Crippen LogP contribution < -0.4 is 5.73 Å². The Labute approximate surface area is 101 Å². The smallest absolute Gasteiger partial charge is 0.0953 e. The molecule has 17 heavy (non-hydrogen) atoms. The second-order valence-corrected chi connectivity index (χ2v) is 4.89. The average Bonchev–Trinajstić information content (AvgIpc) is 2.74. The monoisotopic (exact) mass is 227 g/mol. The summed E-state index contributed by atoms with van der Waals surface area (Å²) in [5, 5.41) is 0. The fraction of sp³-hybridized carbons (Fsp3) is 0.357.